The predicted molar refractivity (Wildman–Crippen MR) is 464 cm³/mol. The van der Waals surface area contributed by atoms with Crippen molar-refractivity contribution in [2.45, 2.75) is 316 Å². The van der Waals surface area contributed by atoms with Gasteiger partial charge in [-0.05, 0) is 207 Å². The van der Waals surface area contributed by atoms with Crippen molar-refractivity contribution >= 4 is 85.9 Å². The number of aromatic nitrogens is 6. The fraction of sp³-hybridized carbons (Fsp3) is 0.645. The monoisotopic (exact) mass is 1690 g/mol. The van der Waals surface area contributed by atoms with E-state index in [1.54, 1.807) is 17.7 Å². The number of rotatable bonds is 25. The highest BCUT2D eigenvalue weighted by Gasteiger charge is 2.50. The van der Waals surface area contributed by atoms with Crippen molar-refractivity contribution in [3.05, 3.63) is 121 Å². The molecular weight excluding hydrogens is 1570 g/mol. The zero-order valence-electron chi connectivity index (χ0n) is 71.1. The van der Waals surface area contributed by atoms with Crippen LogP contribution in [0.25, 0.3) is 33.1 Å². The van der Waals surface area contributed by atoms with Crippen LogP contribution in [0.1, 0.15) is 279 Å². The molecule has 6 aliphatic carbocycles. The maximum atomic E-state index is 14.3. The van der Waals surface area contributed by atoms with Crippen LogP contribution in [0.5, 0.6) is 0 Å². The molecule has 8 N–H and O–H groups in total. The number of primary amides is 2. The van der Waals surface area contributed by atoms with E-state index in [1.807, 2.05) is 75.9 Å². The average molecular weight is 1690 g/mol. The first-order valence-corrected chi connectivity index (χ1v) is 46.1. The fourth-order valence-electron chi connectivity index (χ4n) is 25.4. The Kier molecular flexibility index (Phi) is 27.6. The Bertz CT molecular complexity index is 5080. The third kappa shape index (κ3) is 19.8. The molecule has 3 amide bonds. The van der Waals surface area contributed by atoms with Crippen molar-refractivity contribution in [1.82, 2.24) is 48.7 Å². The summed E-state index contributed by atoms with van der Waals surface area (Å²) in [5.74, 6) is -0.159. The van der Waals surface area contributed by atoms with Crippen LogP contribution in [0, 0.1) is 35.5 Å². The second-order valence-corrected chi connectivity index (χ2v) is 37.8. The summed E-state index contributed by atoms with van der Waals surface area (Å²) in [6.45, 7) is -1.87. The Hall–Kier alpha value is -9.81. The molecule has 12 bridgehead atoms. The van der Waals surface area contributed by atoms with Gasteiger partial charge in [0.2, 0.25) is 19.1 Å². The average Bonchev–Trinajstić information content (AvgIpc) is 0.794. The van der Waals surface area contributed by atoms with E-state index in [2.05, 4.69) is 45.5 Å². The maximum Gasteiger partial charge on any atom is 0.344 e. The summed E-state index contributed by atoms with van der Waals surface area (Å²) >= 11 is 0. The number of hydrogen-bond acceptors (Lipinski definition) is 21. The van der Waals surface area contributed by atoms with Gasteiger partial charge in [-0.2, -0.15) is 0 Å². The zero-order valence-corrected chi connectivity index (χ0v) is 71.1. The van der Waals surface area contributed by atoms with Crippen molar-refractivity contribution in [2.24, 2.45) is 62.4 Å². The van der Waals surface area contributed by atoms with Crippen molar-refractivity contribution < 1.29 is 58.6 Å². The predicted octanol–water partition coefficient (Wildman–Crippen LogP) is 11.9. The first-order valence-electron chi connectivity index (χ1n) is 46.1. The minimum atomic E-state index is -1.26. The minimum absolute atomic E-state index is 0.00818. The van der Waals surface area contributed by atoms with Gasteiger partial charge in [-0.3, -0.25) is 48.3 Å². The molecule has 9 heterocycles. The Labute approximate surface area is 716 Å². The maximum absolute atomic E-state index is 14.3. The molecule has 3 aromatic carbocycles. The summed E-state index contributed by atoms with van der Waals surface area (Å²) in [5, 5.41) is 41.5. The van der Waals surface area contributed by atoms with Gasteiger partial charge in [0.05, 0.1) is 39.5 Å². The summed E-state index contributed by atoms with van der Waals surface area (Å²) < 4.78 is 5.60. The van der Waals surface area contributed by atoms with E-state index in [4.69, 9.17) is 41.2 Å². The summed E-state index contributed by atoms with van der Waals surface area (Å²) in [4.78, 5) is 149. The van der Waals surface area contributed by atoms with Gasteiger partial charge < -0.3 is 60.3 Å². The van der Waals surface area contributed by atoms with Gasteiger partial charge in [0.15, 0.2) is 29.4 Å². The van der Waals surface area contributed by atoms with E-state index in [9.17, 15) is 48.3 Å². The first kappa shape index (κ1) is 86.7. The molecule has 0 radical (unpaired) electrons. The molecule has 0 spiro atoms. The number of nitrogens with one attached hydrogen (secondary N) is 1. The summed E-state index contributed by atoms with van der Waals surface area (Å²) in [6, 6.07) is 27.3. The highest BCUT2D eigenvalue weighted by atomic mass is 16.6. The quantitative estimate of drug-likeness (QED) is 0.0229. The van der Waals surface area contributed by atoms with Crippen molar-refractivity contribution in [2.75, 3.05) is 26.9 Å². The molecule has 6 saturated heterocycles. The number of oxime groups is 3. The van der Waals surface area contributed by atoms with Crippen LogP contribution in [0.4, 0.5) is 0 Å². The van der Waals surface area contributed by atoms with Crippen LogP contribution in [0.15, 0.2) is 103 Å². The summed E-state index contributed by atoms with van der Waals surface area (Å²) in [6.07, 6.45) is 41.9. The van der Waals surface area contributed by atoms with Crippen LogP contribution in [0.2, 0.25) is 0 Å². The first-order chi connectivity index (χ1) is 59.7. The van der Waals surface area contributed by atoms with Gasteiger partial charge in [0.1, 0.15) is 11.4 Å². The number of aliphatic carboxylic acids is 3. The molecule has 6 aliphatic heterocycles. The van der Waals surface area contributed by atoms with Crippen LogP contribution >= 0.6 is 0 Å². The SMILES string of the molecule is CNC(=O)CC/C(=N\OCC(=O)O)c1nc2ccccc2n(C2C[C@H]3CCC[C@@H](C2)N3C2C[C@H]3CCC[C@@H](C2)C3)c1=O.NC(=O)/C(=N\OCC(=O)O)c1nc2ccccc2n(C2C[C@H]3CCC[C@@H](C2)N3C2C[C@H]3CCC[C@@H](C2)C3)c1=O.NC(=O)CO/N=C(\CCC(=O)O)c1nc2ccccc2n(C2C[C@H]3CCC[C@@H](C2)N3C2C[C@H]3CCCC[C@@H](C2)C3)c1=O. The molecule has 18 rings (SSSR count). The lowest BCUT2D eigenvalue weighted by Gasteiger charge is -2.55. The Morgan fingerprint density at radius 1 is 0.366 bits per heavy atom. The van der Waals surface area contributed by atoms with E-state index in [1.165, 1.54) is 154 Å². The van der Waals surface area contributed by atoms with Crippen LogP contribution in [0.3, 0.4) is 0 Å². The van der Waals surface area contributed by atoms with Crippen LogP contribution in [-0.4, -0.2) is 193 Å². The van der Waals surface area contributed by atoms with E-state index >= 15 is 0 Å². The topological polar surface area (TPSA) is 406 Å². The number of hydrogen-bond donors (Lipinski definition) is 6. The molecule has 12 fully saturated rings. The van der Waals surface area contributed by atoms with Gasteiger partial charge in [0.25, 0.3) is 28.5 Å². The lowest BCUT2D eigenvalue weighted by molar-refractivity contribution is -0.143. The smallest absolute Gasteiger partial charge is 0.344 e. The number of carboxylic acid groups (broad SMARTS) is 3. The Morgan fingerprint density at radius 2 is 0.675 bits per heavy atom. The number of amides is 3. The molecule has 30 heteroatoms. The minimum Gasteiger partial charge on any atom is -0.481 e. The lowest BCUT2D eigenvalue weighted by atomic mass is 9.68. The number of carbonyl (C=O) groups is 6. The molecule has 6 saturated carbocycles. The highest BCUT2D eigenvalue weighted by molar-refractivity contribution is 6.44. The largest absolute Gasteiger partial charge is 0.481 e. The Balaban J connectivity index is 0.000000137. The van der Waals surface area contributed by atoms with Crippen molar-refractivity contribution in [1.29, 1.82) is 0 Å². The standard InChI is InChI=1S/2C32H43N5O5.C29H37N5O5/c1-33-29(38)13-12-27(35-42-19-30(39)40)31-32(41)37(28-11-3-2-10-26(28)34-31)25-17-22-8-5-9-23(18-25)36(22)24-15-20-6-4-7-21(14-20)16-24;33-29(38)19-42-35-27(12-13-30(39)40)31-32(41)37(28-11-4-3-10-26(28)34-31)25-17-22-8-5-9-23(18-25)36(22)24-15-20-6-1-2-7-21(14-20)16-24;30-28(37)26(32-39-16-25(35)36)27-29(38)34(24-10-2-1-9-23(24)31-27)22-14-19-7-4-8-20(15-22)33(19)21-12-17-5-3-6-18(11-17)13-21/h2-3,10-11,20-25H,4-9,12-19H2,1H3,(H,33,38)(H,39,40);3-4,10-11,20-25H,1-2,5-9,12-19H2,(H2,33,38)(H,39,40);1-2,9-10,17-22H,3-8,11-16H2,(H2,30,37)(H,35,36)/b2*35-27+;32-26-/t2*20-,21+,22-,23+,24?,25?;17-,18+,19-,20+,21?,22?. The van der Waals surface area contributed by atoms with Crippen LogP contribution in [-0.2, 0) is 43.3 Å². The van der Waals surface area contributed by atoms with Gasteiger partial charge >= 0.3 is 17.9 Å². The van der Waals surface area contributed by atoms with E-state index < -0.39 is 60.8 Å². The summed E-state index contributed by atoms with van der Waals surface area (Å²) in [7, 11) is 1.55. The molecule has 3 aromatic heterocycles. The number of carbonyl (C=O) groups excluding carboxylic acids is 3. The molecule has 12 aliphatic rings. The molecule has 660 valence electrons. The molecule has 123 heavy (non-hydrogen) atoms. The molecule has 18 atom stereocenters. The van der Waals surface area contributed by atoms with Gasteiger partial charge in [0, 0.05) is 98.8 Å². The third-order valence-electron chi connectivity index (χ3n) is 29.9. The van der Waals surface area contributed by atoms with E-state index in [0.29, 0.717) is 76.4 Å². The van der Waals surface area contributed by atoms with Gasteiger partial charge in [-0.1, -0.05) is 135 Å². The number of carboxylic acids is 3. The lowest BCUT2D eigenvalue weighted by Crippen LogP contribution is -2.58. The summed E-state index contributed by atoms with van der Waals surface area (Å²) in [5.41, 5.74) is 13.7. The zero-order chi connectivity index (χ0) is 85.5. The Morgan fingerprint density at radius 3 is 1.01 bits per heavy atom. The van der Waals surface area contributed by atoms with Crippen LogP contribution < -0.4 is 33.5 Å². The fourth-order valence-corrected chi connectivity index (χ4v) is 25.4. The molecule has 6 aromatic rings. The molecular formula is C93H123N15O15. The van der Waals surface area contributed by atoms with Gasteiger partial charge in [-0.25, -0.2) is 24.5 Å². The highest BCUT2D eigenvalue weighted by Crippen LogP contribution is 2.52. The van der Waals surface area contributed by atoms with E-state index in [-0.39, 0.29) is 89.3 Å². The second kappa shape index (κ2) is 39.2. The van der Waals surface area contributed by atoms with Gasteiger partial charge in [-0.15, -0.1) is 0 Å². The normalized spacial score (nSPS) is 30.3. The number of para-hydroxylation sites is 6. The number of fused-ring (bicyclic) bond motifs is 15. The third-order valence-corrected chi connectivity index (χ3v) is 29.9. The van der Waals surface area contributed by atoms with Crippen molar-refractivity contribution in [3.8, 4) is 0 Å². The van der Waals surface area contributed by atoms with E-state index in [0.717, 1.165) is 111 Å². The number of nitrogens with zero attached hydrogens (tertiary/aromatic N) is 12. The number of benzene rings is 3. The number of nitrogens with two attached hydrogens (primary N) is 2. The number of piperidine rings is 6. The second-order valence-electron chi connectivity index (χ2n) is 37.8. The molecule has 30 nitrogen and oxygen atoms in total. The van der Waals surface area contributed by atoms with Crippen molar-refractivity contribution in [3.63, 3.8) is 0 Å². The molecule has 6 unspecified atom stereocenters.